The Bertz CT molecular complexity index is 296. The summed E-state index contributed by atoms with van der Waals surface area (Å²) in [6, 6.07) is 1.93. The predicted molar refractivity (Wildman–Crippen MR) is 46.2 cm³/mol. The van der Waals surface area contributed by atoms with Gasteiger partial charge in [-0.2, -0.15) is 0 Å². The summed E-state index contributed by atoms with van der Waals surface area (Å²) in [6.07, 6.45) is 1.07. The van der Waals surface area contributed by atoms with Crippen LogP contribution >= 0.6 is 11.6 Å². The van der Waals surface area contributed by atoms with Crippen LogP contribution in [0.1, 0.15) is 11.3 Å². The zero-order valence-electron chi connectivity index (χ0n) is 6.32. The van der Waals surface area contributed by atoms with Crippen LogP contribution in [0.2, 0.25) is 5.15 Å². The molecule has 3 heteroatoms. The molecule has 11 heavy (non-hydrogen) atoms. The van der Waals surface area contributed by atoms with Gasteiger partial charge in [0.2, 0.25) is 0 Å². The minimum atomic E-state index is 0.602. The van der Waals surface area contributed by atoms with Gasteiger partial charge in [0.1, 0.15) is 5.15 Å². The third-order valence-electron chi connectivity index (χ3n) is 1.95. The number of halogens is 1. The van der Waals surface area contributed by atoms with Crippen LogP contribution in [0.15, 0.2) is 6.07 Å². The molecule has 2 nitrogen and oxygen atoms in total. The van der Waals surface area contributed by atoms with Crippen molar-refractivity contribution in [3.05, 3.63) is 22.5 Å². The molecule has 2 heterocycles. The molecule has 0 unspecified atom stereocenters. The summed E-state index contributed by atoms with van der Waals surface area (Å²) in [5.74, 6) is 0. The number of fused-ring (bicyclic) bond motifs is 1. The number of hydrogen-bond donors (Lipinski definition) is 1. The van der Waals surface area contributed by atoms with E-state index in [9.17, 15) is 0 Å². The van der Waals surface area contributed by atoms with Crippen LogP contribution in [0.25, 0.3) is 0 Å². The number of anilines is 1. The summed E-state index contributed by atoms with van der Waals surface area (Å²) < 4.78 is 0. The molecule has 1 aromatic heterocycles. The summed E-state index contributed by atoms with van der Waals surface area (Å²) in [6.45, 7) is 2.99. The smallest absolute Gasteiger partial charge is 0.129 e. The van der Waals surface area contributed by atoms with Gasteiger partial charge in [-0.25, -0.2) is 4.98 Å². The highest BCUT2D eigenvalue weighted by Crippen LogP contribution is 2.26. The molecule has 0 saturated heterocycles. The summed E-state index contributed by atoms with van der Waals surface area (Å²) in [7, 11) is 0. The van der Waals surface area contributed by atoms with Gasteiger partial charge in [0.15, 0.2) is 0 Å². The normalized spacial score (nSPS) is 14.4. The van der Waals surface area contributed by atoms with Crippen molar-refractivity contribution in [2.24, 2.45) is 0 Å². The Kier molecular flexibility index (Phi) is 1.50. The highest BCUT2D eigenvalue weighted by atomic mass is 35.5. The second-order valence-electron chi connectivity index (χ2n) is 2.74. The van der Waals surface area contributed by atoms with Gasteiger partial charge in [-0.15, -0.1) is 0 Å². The Labute approximate surface area is 70.6 Å². The zero-order valence-corrected chi connectivity index (χ0v) is 7.07. The lowest BCUT2D eigenvalue weighted by atomic mass is 10.2. The molecule has 1 aliphatic heterocycles. The molecule has 0 amide bonds. The quantitative estimate of drug-likeness (QED) is 0.600. The first-order chi connectivity index (χ1) is 5.27. The van der Waals surface area contributed by atoms with Crippen LogP contribution in [-0.4, -0.2) is 11.5 Å². The first kappa shape index (κ1) is 6.92. The van der Waals surface area contributed by atoms with E-state index in [-0.39, 0.29) is 0 Å². The van der Waals surface area contributed by atoms with Gasteiger partial charge in [0, 0.05) is 6.54 Å². The molecule has 0 aliphatic carbocycles. The van der Waals surface area contributed by atoms with E-state index in [4.69, 9.17) is 11.6 Å². The maximum Gasteiger partial charge on any atom is 0.129 e. The molecular formula is C8H9ClN2. The highest BCUT2D eigenvalue weighted by Gasteiger charge is 2.13. The number of aromatic nitrogens is 1. The van der Waals surface area contributed by atoms with Crippen LogP contribution in [0, 0.1) is 6.92 Å². The average molecular weight is 169 g/mol. The molecule has 1 aliphatic rings. The largest absolute Gasteiger partial charge is 0.383 e. The molecule has 0 bridgehead atoms. The number of nitrogens with one attached hydrogen (secondary N) is 1. The maximum absolute atomic E-state index is 5.79. The molecule has 0 aromatic carbocycles. The van der Waals surface area contributed by atoms with Crippen molar-refractivity contribution in [2.45, 2.75) is 13.3 Å². The minimum Gasteiger partial charge on any atom is -0.383 e. The number of nitrogens with zero attached hydrogens (tertiary/aromatic N) is 1. The maximum atomic E-state index is 5.79. The van der Waals surface area contributed by atoms with Crippen molar-refractivity contribution in [3.8, 4) is 0 Å². The first-order valence-electron chi connectivity index (χ1n) is 3.67. The van der Waals surface area contributed by atoms with E-state index in [1.54, 1.807) is 0 Å². The van der Waals surface area contributed by atoms with E-state index in [1.165, 1.54) is 11.3 Å². The van der Waals surface area contributed by atoms with Crippen molar-refractivity contribution >= 4 is 17.3 Å². The van der Waals surface area contributed by atoms with Gasteiger partial charge in [0.25, 0.3) is 0 Å². The molecule has 1 N–H and O–H groups in total. The number of hydrogen-bond acceptors (Lipinski definition) is 2. The van der Waals surface area contributed by atoms with Gasteiger partial charge in [0.05, 0.1) is 11.4 Å². The molecular weight excluding hydrogens is 160 g/mol. The van der Waals surface area contributed by atoms with E-state index < -0.39 is 0 Å². The van der Waals surface area contributed by atoms with E-state index in [1.807, 2.05) is 13.0 Å². The first-order valence-corrected chi connectivity index (χ1v) is 4.05. The standard InChI is InChI=1S/C8H9ClN2/c1-5-8-6(2-3-10-8)4-7(9)11-5/h4,10H,2-3H2,1H3. The fourth-order valence-electron chi connectivity index (χ4n) is 1.46. The minimum absolute atomic E-state index is 0.602. The number of rotatable bonds is 0. The van der Waals surface area contributed by atoms with Gasteiger partial charge in [-0.05, 0) is 25.0 Å². The van der Waals surface area contributed by atoms with Crippen LogP contribution in [0.4, 0.5) is 5.69 Å². The summed E-state index contributed by atoms with van der Waals surface area (Å²) in [5, 5.41) is 3.88. The van der Waals surface area contributed by atoms with Crippen LogP contribution in [-0.2, 0) is 6.42 Å². The Morgan fingerprint density at radius 2 is 2.45 bits per heavy atom. The summed E-state index contributed by atoms with van der Waals surface area (Å²) in [4.78, 5) is 4.15. The van der Waals surface area contributed by atoms with Crippen molar-refractivity contribution in [2.75, 3.05) is 11.9 Å². The molecule has 0 fully saturated rings. The van der Waals surface area contributed by atoms with Crippen LogP contribution in [0.5, 0.6) is 0 Å². The summed E-state index contributed by atoms with van der Waals surface area (Å²) in [5.41, 5.74) is 3.47. The van der Waals surface area contributed by atoms with Crippen LogP contribution < -0.4 is 5.32 Å². The fraction of sp³-hybridized carbons (Fsp3) is 0.375. The SMILES string of the molecule is Cc1nc(Cl)cc2c1NCC2. The van der Waals surface area contributed by atoms with Gasteiger partial charge in [-0.3, -0.25) is 0 Å². The van der Waals surface area contributed by atoms with Gasteiger partial charge >= 0.3 is 0 Å². The Hall–Kier alpha value is -0.760. The second-order valence-corrected chi connectivity index (χ2v) is 3.13. The number of pyridine rings is 1. The van der Waals surface area contributed by atoms with Gasteiger partial charge < -0.3 is 5.32 Å². The molecule has 58 valence electrons. The lowest BCUT2D eigenvalue weighted by Gasteiger charge is -2.02. The van der Waals surface area contributed by atoms with Gasteiger partial charge in [-0.1, -0.05) is 11.6 Å². The lowest BCUT2D eigenvalue weighted by Crippen LogP contribution is -1.94. The monoisotopic (exact) mass is 168 g/mol. The molecule has 0 saturated carbocycles. The number of aryl methyl sites for hydroxylation is 1. The fourth-order valence-corrected chi connectivity index (χ4v) is 1.72. The molecule has 0 radical (unpaired) electrons. The Morgan fingerprint density at radius 3 is 3.27 bits per heavy atom. The zero-order chi connectivity index (χ0) is 7.84. The van der Waals surface area contributed by atoms with Crippen molar-refractivity contribution in [3.63, 3.8) is 0 Å². The van der Waals surface area contributed by atoms with E-state index in [2.05, 4.69) is 10.3 Å². The molecule has 1 aromatic rings. The molecule has 0 atom stereocenters. The third kappa shape index (κ3) is 1.07. The van der Waals surface area contributed by atoms with Crippen molar-refractivity contribution < 1.29 is 0 Å². The van der Waals surface area contributed by atoms with E-state index in [0.717, 1.165) is 18.7 Å². The lowest BCUT2D eigenvalue weighted by molar-refractivity contribution is 1.10. The topological polar surface area (TPSA) is 24.9 Å². The second kappa shape index (κ2) is 2.38. The average Bonchev–Trinajstić information content (AvgIpc) is 2.34. The predicted octanol–water partition coefficient (Wildman–Crippen LogP) is 2.01. The van der Waals surface area contributed by atoms with E-state index >= 15 is 0 Å². The highest BCUT2D eigenvalue weighted by molar-refractivity contribution is 6.29. The van der Waals surface area contributed by atoms with E-state index in [0.29, 0.717) is 5.15 Å². The third-order valence-corrected chi connectivity index (χ3v) is 2.14. The summed E-state index contributed by atoms with van der Waals surface area (Å²) >= 11 is 5.79. The molecule has 2 rings (SSSR count). The van der Waals surface area contributed by atoms with Crippen molar-refractivity contribution in [1.82, 2.24) is 4.98 Å². The Balaban J connectivity index is 2.60. The molecule has 0 spiro atoms. The van der Waals surface area contributed by atoms with Crippen LogP contribution in [0.3, 0.4) is 0 Å². The van der Waals surface area contributed by atoms with Crippen molar-refractivity contribution in [1.29, 1.82) is 0 Å². The Morgan fingerprint density at radius 1 is 1.64 bits per heavy atom.